The minimum absolute atomic E-state index is 0.00311. The van der Waals surface area contributed by atoms with E-state index in [2.05, 4.69) is 12.2 Å². The van der Waals surface area contributed by atoms with E-state index in [1.807, 2.05) is 35.2 Å². The van der Waals surface area contributed by atoms with E-state index >= 15 is 0 Å². The summed E-state index contributed by atoms with van der Waals surface area (Å²) in [6.45, 7) is 3.88. The van der Waals surface area contributed by atoms with Crippen LogP contribution in [-0.4, -0.2) is 36.3 Å². The Morgan fingerprint density at radius 1 is 1.24 bits per heavy atom. The molecule has 0 spiro atoms. The fraction of sp³-hybridized carbons (Fsp3) is 0.412. The zero-order chi connectivity index (χ0) is 15.1. The maximum absolute atomic E-state index is 12.0. The van der Waals surface area contributed by atoms with Crippen LogP contribution in [0.15, 0.2) is 36.4 Å². The van der Waals surface area contributed by atoms with Crippen LogP contribution in [0.2, 0.25) is 0 Å². The fourth-order valence-corrected chi connectivity index (χ4v) is 2.33. The van der Waals surface area contributed by atoms with Gasteiger partial charge in [-0.05, 0) is 30.4 Å². The van der Waals surface area contributed by atoms with Crippen molar-refractivity contribution in [3.05, 3.63) is 42.0 Å². The highest BCUT2D eigenvalue weighted by atomic mass is 16.2. The van der Waals surface area contributed by atoms with Crippen LogP contribution >= 0.6 is 0 Å². The highest BCUT2D eigenvalue weighted by Gasteiger charge is 2.19. The fourth-order valence-electron chi connectivity index (χ4n) is 2.33. The Hall–Kier alpha value is -2.10. The van der Waals surface area contributed by atoms with Crippen LogP contribution in [0.25, 0.3) is 6.08 Å². The van der Waals surface area contributed by atoms with Gasteiger partial charge < -0.3 is 10.2 Å². The number of nitrogens with zero attached hydrogens (tertiary/aromatic N) is 1. The van der Waals surface area contributed by atoms with Crippen molar-refractivity contribution in [3.8, 4) is 0 Å². The van der Waals surface area contributed by atoms with Gasteiger partial charge in [0.05, 0.1) is 6.54 Å². The van der Waals surface area contributed by atoms with Crippen LogP contribution in [0, 0.1) is 5.92 Å². The lowest BCUT2D eigenvalue weighted by atomic mass is 9.99. The van der Waals surface area contributed by atoms with Crippen molar-refractivity contribution in [2.45, 2.75) is 19.8 Å². The monoisotopic (exact) mass is 286 g/mol. The van der Waals surface area contributed by atoms with Gasteiger partial charge in [0.25, 0.3) is 0 Å². The van der Waals surface area contributed by atoms with Crippen molar-refractivity contribution in [3.63, 3.8) is 0 Å². The zero-order valence-electron chi connectivity index (χ0n) is 12.4. The molecule has 0 bridgehead atoms. The average Bonchev–Trinajstić information content (AvgIpc) is 2.52. The Morgan fingerprint density at radius 3 is 2.57 bits per heavy atom. The van der Waals surface area contributed by atoms with Crippen LogP contribution in [0.5, 0.6) is 0 Å². The van der Waals surface area contributed by atoms with Crippen LogP contribution < -0.4 is 5.32 Å². The third-order valence-electron chi connectivity index (χ3n) is 3.78. The molecule has 0 saturated carbocycles. The predicted octanol–water partition coefficient (Wildman–Crippen LogP) is 2.07. The second kappa shape index (κ2) is 7.62. The molecular weight excluding hydrogens is 264 g/mol. The van der Waals surface area contributed by atoms with Crippen LogP contribution in [0.3, 0.4) is 0 Å². The highest BCUT2D eigenvalue weighted by molar-refractivity contribution is 5.94. The molecule has 1 aliphatic rings. The number of hydrogen-bond donors (Lipinski definition) is 1. The van der Waals surface area contributed by atoms with E-state index in [9.17, 15) is 9.59 Å². The average molecular weight is 286 g/mol. The number of carbonyl (C=O) groups is 2. The lowest BCUT2D eigenvalue weighted by Gasteiger charge is -2.30. The molecule has 1 N–H and O–H groups in total. The van der Waals surface area contributed by atoms with Crippen molar-refractivity contribution in [2.75, 3.05) is 19.6 Å². The predicted molar refractivity (Wildman–Crippen MR) is 83.5 cm³/mol. The van der Waals surface area contributed by atoms with Gasteiger partial charge in [-0.25, -0.2) is 0 Å². The first-order chi connectivity index (χ1) is 10.1. The number of likely N-dealkylation sites (tertiary alicyclic amines) is 1. The maximum atomic E-state index is 12.0. The number of carbonyl (C=O) groups excluding carboxylic acids is 2. The molecule has 0 radical (unpaired) electrons. The van der Waals surface area contributed by atoms with Gasteiger partial charge in [-0.1, -0.05) is 37.3 Å². The van der Waals surface area contributed by atoms with Gasteiger partial charge >= 0.3 is 0 Å². The minimum Gasteiger partial charge on any atom is -0.343 e. The molecule has 4 heteroatoms. The lowest BCUT2D eigenvalue weighted by molar-refractivity contribution is -0.133. The first-order valence-corrected chi connectivity index (χ1v) is 7.44. The first-order valence-electron chi connectivity index (χ1n) is 7.44. The largest absolute Gasteiger partial charge is 0.343 e. The van der Waals surface area contributed by atoms with E-state index in [1.165, 1.54) is 6.08 Å². The summed E-state index contributed by atoms with van der Waals surface area (Å²) in [6.07, 6.45) is 5.30. The topological polar surface area (TPSA) is 49.4 Å². The summed E-state index contributed by atoms with van der Waals surface area (Å²) in [7, 11) is 0. The Bertz CT molecular complexity index is 503. The van der Waals surface area contributed by atoms with E-state index in [-0.39, 0.29) is 18.4 Å². The molecule has 0 aromatic heterocycles. The van der Waals surface area contributed by atoms with Crippen molar-refractivity contribution < 1.29 is 9.59 Å². The highest BCUT2D eigenvalue weighted by Crippen LogP contribution is 2.15. The van der Waals surface area contributed by atoms with E-state index in [4.69, 9.17) is 0 Å². The second-order valence-corrected chi connectivity index (χ2v) is 5.53. The van der Waals surface area contributed by atoms with E-state index < -0.39 is 0 Å². The molecule has 112 valence electrons. The minimum atomic E-state index is -0.238. The summed E-state index contributed by atoms with van der Waals surface area (Å²) >= 11 is 0. The summed E-state index contributed by atoms with van der Waals surface area (Å²) in [5.74, 6) is 0.457. The van der Waals surface area contributed by atoms with Gasteiger partial charge in [0.15, 0.2) is 0 Å². The summed E-state index contributed by atoms with van der Waals surface area (Å²) in [6, 6.07) is 9.60. The van der Waals surface area contributed by atoms with Gasteiger partial charge in [-0.2, -0.15) is 0 Å². The number of hydrogen-bond acceptors (Lipinski definition) is 2. The van der Waals surface area contributed by atoms with E-state index in [0.717, 1.165) is 31.5 Å². The summed E-state index contributed by atoms with van der Waals surface area (Å²) in [5, 5.41) is 2.64. The Morgan fingerprint density at radius 2 is 1.90 bits per heavy atom. The molecule has 4 nitrogen and oxygen atoms in total. The number of amides is 2. The van der Waals surface area contributed by atoms with Gasteiger partial charge in [0.2, 0.25) is 11.8 Å². The summed E-state index contributed by atoms with van der Waals surface area (Å²) in [4.78, 5) is 25.5. The molecule has 1 aromatic rings. The summed E-state index contributed by atoms with van der Waals surface area (Å²) in [5.41, 5.74) is 0.962. The van der Waals surface area contributed by atoms with Crippen molar-refractivity contribution in [2.24, 2.45) is 5.92 Å². The third-order valence-corrected chi connectivity index (χ3v) is 3.78. The Kier molecular flexibility index (Phi) is 5.55. The first kappa shape index (κ1) is 15.3. The second-order valence-electron chi connectivity index (χ2n) is 5.53. The molecule has 0 unspecified atom stereocenters. The molecule has 21 heavy (non-hydrogen) atoms. The van der Waals surface area contributed by atoms with Gasteiger partial charge in [-0.15, -0.1) is 0 Å². The number of piperidine rings is 1. The zero-order valence-corrected chi connectivity index (χ0v) is 12.4. The summed E-state index contributed by atoms with van der Waals surface area (Å²) < 4.78 is 0. The Balaban J connectivity index is 1.73. The molecule has 1 heterocycles. The number of benzene rings is 1. The van der Waals surface area contributed by atoms with Crippen LogP contribution in [0.4, 0.5) is 0 Å². The standard InChI is InChI=1S/C17H22N2O2/c1-14-9-11-19(12-10-14)17(21)13-18-16(20)8-7-15-5-3-2-4-6-15/h2-8,14H,9-13H2,1H3,(H,18,20). The molecule has 2 amide bonds. The smallest absolute Gasteiger partial charge is 0.244 e. The van der Waals surface area contributed by atoms with Crippen molar-refractivity contribution in [1.82, 2.24) is 10.2 Å². The third kappa shape index (κ3) is 5.06. The van der Waals surface area contributed by atoms with Crippen LogP contribution in [0.1, 0.15) is 25.3 Å². The molecule has 2 rings (SSSR count). The van der Waals surface area contributed by atoms with E-state index in [1.54, 1.807) is 6.08 Å². The van der Waals surface area contributed by atoms with Crippen LogP contribution in [-0.2, 0) is 9.59 Å². The maximum Gasteiger partial charge on any atom is 0.244 e. The number of rotatable bonds is 4. The molecule has 0 aliphatic carbocycles. The van der Waals surface area contributed by atoms with Crippen molar-refractivity contribution >= 4 is 17.9 Å². The SMILES string of the molecule is CC1CCN(C(=O)CNC(=O)C=Cc2ccccc2)CC1. The molecule has 1 fully saturated rings. The molecule has 1 aliphatic heterocycles. The Labute approximate surface area is 125 Å². The van der Waals surface area contributed by atoms with Crippen molar-refractivity contribution in [1.29, 1.82) is 0 Å². The lowest BCUT2D eigenvalue weighted by Crippen LogP contribution is -2.43. The van der Waals surface area contributed by atoms with Gasteiger partial charge in [0.1, 0.15) is 0 Å². The van der Waals surface area contributed by atoms with E-state index in [0.29, 0.717) is 5.92 Å². The molecule has 1 aromatic carbocycles. The quantitative estimate of drug-likeness (QED) is 0.862. The number of nitrogens with one attached hydrogen (secondary N) is 1. The van der Waals surface area contributed by atoms with Gasteiger partial charge in [-0.3, -0.25) is 9.59 Å². The molecule has 1 saturated heterocycles. The van der Waals surface area contributed by atoms with Gasteiger partial charge in [0, 0.05) is 19.2 Å². The normalized spacial score (nSPS) is 16.1. The molecular formula is C17H22N2O2. The molecule has 0 atom stereocenters.